The van der Waals surface area contributed by atoms with Crippen molar-refractivity contribution in [2.45, 2.75) is 104 Å². The topological polar surface area (TPSA) is 87.7 Å². The van der Waals surface area contributed by atoms with Gasteiger partial charge < -0.3 is 20.3 Å². The van der Waals surface area contributed by atoms with E-state index in [1.54, 1.807) is 43.5 Å². The lowest BCUT2D eigenvalue weighted by atomic mass is 9.99. The first-order chi connectivity index (χ1) is 18.6. The van der Waals surface area contributed by atoms with Crippen LogP contribution < -0.4 is 10.6 Å². The summed E-state index contributed by atoms with van der Waals surface area (Å²) in [5.74, 6) is 0.188. The van der Waals surface area contributed by atoms with Gasteiger partial charge in [-0.3, -0.25) is 9.59 Å². The van der Waals surface area contributed by atoms with E-state index in [0.29, 0.717) is 25.3 Å². The molecule has 39 heavy (non-hydrogen) atoms. The van der Waals surface area contributed by atoms with Gasteiger partial charge in [0.05, 0.1) is 0 Å². The summed E-state index contributed by atoms with van der Waals surface area (Å²) in [6.07, 6.45) is 10.4. The maximum atomic E-state index is 14.2. The predicted octanol–water partition coefficient (Wildman–Crippen LogP) is 6.73. The van der Waals surface area contributed by atoms with Gasteiger partial charge in [0.2, 0.25) is 11.8 Å². The minimum Gasteiger partial charge on any atom is -0.444 e. The Hall–Kier alpha value is -2.48. The lowest BCUT2D eigenvalue weighted by molar-refractivity contribution is -0.142. The number of thioether (sulfide) groups is 1. The molecule has 2 N–H and O–H groups in total. The molecule has 0 heterocycles. The van der Waals surface area contributed by atoms with Gasteiger partial charge in [-0.25, -0.2) is 4.79 Å². The van der Waals surface area contributed by atoms with Crippen LogP contribution in [-0.4, -0.2) is 59.5 Å². The molecule has 0 aliphatic rings. The SMILES string of the molecule is C=Cc1cccc(C(C(=O)NCCCC)N(CCCCCCC)C(=O)C(CCSC)NC(=O)OC(C)(C)C)c1. The van der Waals surface area contributed by atoms with Gasteiger partial charge in [-0.05, 0) is 69.2 Å². The summed E-state index contributed by atoms with van der Waals surface area (Å²) in [5.41, 5.74) is 0.910. The molecule has 0 radical (unpaired) electrons. The van der Waals surface area contributed by atoms with E-state index in [4.69, 9.17) is 4.74 Å². The second-order valence-electron chi connectivity index (χ2n) is 10.8. The van der Waals surface area contributed by atoms with Gasteiger partial charge in [0.15, 0.2) is 0 Å². The second-order valence-corrected chi connectivity index (χ2v) is 11.8. The summed E-state index contributed by atoms with van der Waals surface area (Å²) in [5, 5.41) is 5.85. The monoisotopic (exact) mass is 561 g/mol. The van der Waals surface area contributed by atoms with E-state index in [1.807, 2.05) is 30.5 Å². The lowest BCUT2D eigenvalue weighted by Gasteiger charge is -2.35. The van der Waals surface area contributed by atoms with E-state index in [9.17, 15) is 14.4 Å². The third-order valence-electron chi connectivity index (χ3n) is 6.24. The van der Waals surface area contributed by atoms with Crippen LogP contribution in [0.3, 0.4) is 0 Å². The van der Waals surface area contributed by atoms with Crippen LogP contribution in [0.4, 0.5) is 4.79 Å². The Kier molecular flexibility index (Phi) is 16.6. The molecule has 8 heteroatoms. The molecular weight excluding hydrogens is 510 g/mol. The normalized spacial score (nSPS) is 12.8. The second kappa shape index (κ2) is 18.7. The van der Waals surface area contributed by atoms with Crippen LogP contribution in [0.5, 0.6) is 0 Å². The molecule has 0 fully saturated rings. The minimum absolute atomic E-state index is 0.215. The number of ether oxygens (including phenoxy) is 1. The molecule has 0 spiro atoms. The molecule has 2 atom stereocenters. The third-order valence-corrected chi connectivity index (χ3v) is 6.88. The molecule has 220 valence electrons. The van der Waals surface area contributed by atoms with Crippen molar-refractivity contribution in [2.75, 3.05) is 25.1 Å². The first-order valence-corrected chi connectivity index (χ1v) is 15.8. The number of carbonyl (C=O) groups excluding carboxylic acids is 3. The van der Waals surface area contributed by atoms with Crippen LogP contribution >= 0.6 is 11.8 Å². The molecule has 2 unspecified atom stereocenters. The number of alkyl carbamates (subject to hydrolysis) is 1. The number of unbranched alkanes of at least 4 members (excludes halogenated alkanes) is 5. The number of hydrogen-bond acceptors (Lipinski definition) is 5. The Morgan fingerprint density at radius 1 is 1.08 bits per heavy atom. The Balaban J connectivity index is 3.46. The zero-order valence-electron chi connectivity index (χ0n) is 25.0. The zero-order chi connectivity index (χ0) is 29.3. The standard InChI is InChI=1S/C31H51N3O4S/c1-8-11-13-14-15-21-34(29(36)26(19-22-39-7)33-30(37)38-31(4,5)6)27(28(35)32-20-12-9-2)25-18-16-17-24(10-3)23-25/h10,16-18,23,26-27H,3,8-9,11-15,19-22H2,1-2,4-7H3,(H,32,35)(H,33,37). The van der Waals surface area contributed by atoms with Crippen molar-refractivity contribution in [1.29, 1.82) is 0 Å². The van der Waals surface area contributed by atoms with Gasteiger partial charge in [0.25, 0.3) is 0 Å². The lowest BCUT2D eigenvalue weighted by Crippen LogP contribution is -2.53. The summed E-state index contributed by atoms with van der Waals surface area (Å²) in [6, 6.07) is 5.96. The van der Waals surface area contributed by atoms with E-state index in [0.717, 1.165) is 56.1 Å². The smallest absolute Gasteiger partial charge is 0.408 e. The van der Waals surface area contributed by atoms with Crippen molar-refractivity contribution in [2.24, 2.45) is 0 Å². The van der Waals surface area contributed by atoms with Crippen molar-refractivity contribution in [3.63, 3.8) is 0 Å². The van der Waals surface area contributed by atoms with E-state index in [2.05, 4.69) is 31.1 Å². The van der Waals surface area contributed by atoms with Crippen molar-refractivity contribution in [3.8, 4) is 0 Å². The summed E-state index contributed by atoms with van der Waals surface area (Å²) >= 11 is 1.60. The number of hydrogen-bond donors (Lipinski definition) is 2. The highest BCUT2D eigenvalue weighted by Crippen LogP contribution is 2.26. The summed E-state index contributed by atoms with van der Waals surface area (Å²) in [6.45, 7) is 14.4. The van der Waals surface area contributed by atoms with Crippen molar-refractivity contribution in [3.05, 3.63) is 42.0 Å². The van der Waals surface area contributed by atoms with Crippen LogP contribution in [-0.2, 0) is 14.3 Å². The summed E-state index contributed by atoms with van der Waals surface area (Å²) in [4.78, 5) is 42.3. The van der Waals surface area contributed by atoms with Gasteiger partial charge >= 0.3 is 6.09 Å². The number of rotatable bonds is 18. The fourth-order valence-corrected chi connectivity index (χ4v) is 4.68. The van der Waals surface area contributed by atoms with Crippen molar-refractivity contribution >= 4 is 35.7 Å². The fourth-order valence-electron chi connectivity index (χ4n) is 4.21. The largest absolute Gasteiger partial charge is 0.444 e. The number of nitrogens with zero attached hydrogens (tertiary/aromatic N) is 1. The van der Waals surface area contributed by atoms with Gasteiger partial charge in [0.1, 0.15) is 17.7 Å². The Morgan fingerprint density at radius 3 is 2.38 bits per heavy atom. The van der Waals surface area contributed by atoms with Gasteiger partial charge in [0, 0.05) is 13.1 Å². The van der Waals surface area contributed by atoms with E-state index in [1.165, 1.54) is 0 Å². The molecule has 0 aliphatic heterocycles. The molecule has 1 aromatic rings. The Labute approximate surface area is 240 Å². The maximum Gasteiger partial charge on any atom is 0.408 e. The molecule has 7 nitrogen and oxygen atoms in total. The van der Waals surface area contributed by atoms with Gasteiger partial charge in [-0.1, -0.05) is 76.8 Å². The van der Waals surface area contributed by atoms with Crippen molar-refractivity contribution in [1.82, 2.24) is 15.5 Å². The van der Waals surface area contributed by atoms with Crippen molar-refractivity contribution < 1.29 is 19.1 Å². The predicted molar refractivity (Wildman–Crippen MR) is 164 cm³/mol. The molecule has 1 aromatic carbocycles. The fraction of sp³-hybridized carbons (Fsp3) is 0.645. The average Bonchev–Trinajstić information content (AvgIpc) is 2.89. The van der Waals surface area contributed by atoms with Crippen LogP contribution in [0, 0.1) is 0 Å². The van der Waals surface area contributed by atoms with Crippen LogP contribution in [0.15, 0.2) is 30.8 Å². The Bertz CT molecular complexity index is 900. The molecule has 0 aliphatic carbocycles. The maximum absolute atomic E-state index is 14.2. The zero-order valence-corrected chi connectivity index (χ0v) is 25.8. The third kappa shape index (κ3) is 13.4. The molecular formula is C31H51N3O4S. The van der Waals surface area contributed by atoms with Crippen LogP contribution in [0.1, 0.15) is 103 Å². The highest BCUT2D eigenvalue weighted by Gasteiger charge is 2.36. The number of amides is 3. The summed E-state index contributed by atoms with van der Waals surface area (Å²) in [7, 11) is 0. The quantitative estimate of drug-likeness (QED) is 0.194. The summed E-state index contributed by atoms with van der Waals surface area (Å²) < 4.78 is 5.47. The number of carbonyl (C=O) groups is 3. The van der Waals surface area contributed by atoms with E-state index in [-0.39, 0.29) is 11.8 Å². The van der Waals surface area contributed by atoms with Gasteiger partial charge in [-0.15, -0.1) is 0 Å². The van der Waals surface area contributed by atoms with Gasteiger partial charge in [-0.2, -0.15) is 11.8 Å². The number of nitrogens with one attached hydrogen (secondary N) is 2. The minimum atomic E-state index is -0.822. The Morgan fingerprint density at radius 2 is 1.77 bits per heavy atom. The van der Waals surface area contributed by atoms with Crippen LogP contribution in [0.2, 0.25) is 0 Å². The highest BCUT2D eigenvalue weighted by molar-refractivity contribution is 7.98. The molecule has 0 saturated heterocycles. The highest BCUT2D eigenvalue weighted by atomic mass is 32.2. The first kappa shape index (κ1) is 34.5. The number of benzene rings is 1. The van der Waals surface area contributed by atoms with Crippen LogP contribution in [0.25, 0.3) is 6.08 Å². The molecule has 1 rings (SSSR count). The molecule has 0 aromatic heterocycles. The van der Waals surface area contributed by atoms with E-state index >= 15 is 0 Å². The molecule has 0 bridgehead atoms. The van der Waals surface area contributed by atoms with E-state index < -0.39 is 23.8 Å². The molecule has 3 amide bonds. The average molecular weight is 562 g/mol. The first-order valence-electron chi connectivity index (χ1n) is 14.4. The molecule has 0 saturated carbocycles.